The lowest BCUT2D eigenvalue weighted by molar-refractivity contribution is 0.00578. The summed E-state index contributed by atoms with van der Waals surface area (Å²) in [6.45, 7) is 8.84. The van der Waals surface area contributed by atoms with Crippen LogP contribution in [0, 0.1) is 0 Å². The molecular weight excluding hydrogens is 279 g/mol. The van der Waals surface area contributed by atoms with Gasteiger partial charge in [0, 0.05) is 12.7 Å². The molecule has 2 N–H and O–H groups in total. The topological polar surface area (TPSA) is 63.6 Å². The van der Waals surface area contributed by atoms with Crippen molar-refractivity contribution in [2.75, 3.05) is 18.5 Å². The van der Waals surface area contributed by atoms with Gasteiger partial charge in [0.05, 0.1) is 17.8 Å². The Morgan fingerprint density at radius 3 is 2.68 bits per heavy atom. The fourth-order valence-electron chi connectivity index (χ4n) is 2.67. The van der Waals surface area contributed by atoms with Crippen molar-refractivity contribution < 1.29 is 14.4 Å². The number of anilines is 1. The maximum atomic E-state index is 9.72. The average Bonchev–Trinajstić information content (AvgIpc) is 2.98. The van der Waals surface area contributed by atoms with E-state index in [0.717, 1.165) is 24.3 Å². The molecule has 5 nitrogen and oxygen atoms in total. The summed E-state index contributed by atoms with van der Waals surface area (Å²) < 4.78 is 12.0. The van der Waals surface area contributed by atoms with Gasteiger partial charge in [-0.3, -0.25) is 0 Å². The second-order valence-electron chi connectivity index (χ2n) is 6.92. The van der Waals surface area contributed by atoms with Crippen molar-refractivity contribution in [3.8, 4) is 0 Å². The highest BCUT2D eigenvalue weighted by Gasteiger charge is 2.52. The second kappa shape index (κ2) is 5.37. The molecule has 0 saturated carbocycles. The van der Waals surface area contributed by atoms with Crippen LogP contribution in [0.2, 0.25) is 0 Å². The molecule has 0 radical (unpaired) electrons. The molecule has 0 atom stereocenters. The molecule has 0 amide bonds. The zero-order valence-electron chi connectivity index (χ0n) is 13.6. The Labute approximate surface area is 131 Å². The van der Waals surface area contributed by atoms with Gasteiger partial charge in [-0.2, -0.15) is 0 Å². The van der Waals surface area contributed by atoms with E-state index in [1.165, 1.54) is 5.56 Å². The minimum atomic E-state index is -0.527. The molecule has 0 unspecified atom stereocenters. The van der Waals surface area contributed by atoms with E-state index in [1.807, 2.05) is 33.8 Å². The van der Waals surface area contributed by atoms with Gasteiger partial charge in [-0.15, -0.1) is 0 Å². The largest absolute Gasteiger partial charge is 0.492 e. The number of rotatable bonds is 3. The number of nitrogens with zero attached hydrogens (tertiary/aromatic N) is 1. The fourth-order valence-corrected chi connectivity index (χ4v) is 2.67. The van der Waals surface area contributed by atoms with E-state index in [9.17, 15) is 5.11 Å². The predicted molar refractivity (Wildman–Crippen MR) is 87.6 cm³/mol. The molecular formula is C16H23BN2O3. The number of hydrogen-bond donors (Lipinski definition) is 2. The summed E-state index contributed by atoms with van der Waals surface area (Å²) in [6, 6.07) is 2.10. The quantitative estimate of drug-likeness (QED) is 0.837. The molecule has 2 aliphatic heterocycles. The first-order valence-corrected chi connectivity index (χ1v) is 7.72. The third-order valence-electron chi connectivity index (χ3n) is 4.77. The average molecular weight is 302 g/mol. The van der Waals surface area contributed by atoms with Crippen molar-refractivity contribution in [2.24, 2.45) is 0 Å². The van der Waals surface area contributed by atoms with Gasteiger partial charge in [-0.25, -0.2) is 4.98 Å². The van der Waals surface area contributed by atoms with Crippen LogP contribution in [0.3, 0.4) is 0 Å². The molecule has 118 valence electrons. The lowest BCUT2D eigenvalue weighted by Gasteiger charge is -2.32. The Morgan fingerprint density at radius 2 is 2.05 bits per heavy atom. The molecule has 0 aromatic carbocycles. The maximum Gasteiger partial charge on any atom is 0.492 e. The zero-order valence-corrected chi connectivity index (χ0v) is 13.6. The molecule has 1 fully saturated rings. The maximum absolute atomic E-state index is 9.72. The van der Waals surface area contributed by atoms with Crippen LogP contribution in [0.15, 0.2) is 17.7 Å². The van der Waals surface area contributed by atoms with Crippen molar-refractivity contribution in [2.45, 2.75) is 45.3 Å². The van der Waals surface area contributed by atoms with E-state index in [2.05, 4.69) is 16.4 Å². The Hall–Kier alpha value is -1.37. The van der Waals surface area contributed by atoms with Crippen molar-refractivity contribution in [3.05, 3.63) is 28.9 Å². The van der Waals surface area contributed by atoms with Crippen LogP contribution >= 0.6 is 0 Å². The highest BCUT2D eigenvalue weighted by atomic mass is 16.7. The highest BCUT2D eigenvalue weighted by molar-refractivity contribution is 6.55. The summed E-state index contributed by atoms with van der Waals surface area (Å²) in [6.07, 6.45) is 4.70. The van der Waals surface area contributed by atoms with Crippen LogP contribution in [-0.4, -0.2) is 41.6 Å². The minimum Gasteiger partial charge on any atom is -0.400 e. The van der Waals surface area contributed by atoms with Crippen LogP contribution in [-0.2, 0) is 15.7 Å². The summed E-state index contributed by atoms with van der Waals surface area (Å²) in [5.41, 5.74) is 2.06. The van der Waals surface area contributed by atoms with E-state index in [4.69, 9.17) is 9.31 Å². The number of hydrogen-bond acceptors (Lipinski definition) is 5. The molecule has 1 aromatic rings. The second-order valence-corrected chi connectivity index (χ2v) is 6.92. The molecule has 1 aromatic heterocycles. The van der Waals surface area contributed by atoms with Crippen molar-refractivity contribution in [1.82, 2.24) is 4.98 Å². The summed E-state index contributed by atoms with van der Waals surface area (Å²) in [5, 5.41) is 13.0. The number of pyridine rings is 1. The van der Waals surface area contributed by atoms with Gasteiger partial charge in [0.1, 0.15) is 5.82 Å². The lowest BCUT2D eigenvalue weighted by atomic mass is 9.77. The molecule has 0 spiro atoms. The fraction of sp³-hybridized carbons (Fsp3) is 0.562. The standard InChI is InChI=1S/C16H23BN2O3/c1-15(2)16(3,4)22-17(21-15)13(10-20)8-11-7-12-5-6-18-14(12)19-9-11/h7-9,20H,5-6,10H2,1-4H3,(H,18,19). The number of aromatic nitrogens is 1. The summed E-state index contributed by atoms with van der Waals surface area (Å²) in [4.78, 5) is 4.41. The molecule has 1 saturated heterocycles. The summed E-state index contributed by atoms with van der Waals surface area (Å²) >= 11 is 0. The first-order valence-electron chi connectivity index (χ1n) is 7.72. The van der Waals surface area contributed by atoms with E-state index in [1.54, 1.807) is 6.20 Å². The van der Waals surface area contributed by atoms with Crippen LogP contribution in [0.25, 0.3) is 6.08 Å². The minimum absolute atomic E-state index is 0.105. The van der Waals surface area contributed by atoms with Gasteiger partial charge in [0.15, 0.2) is 0 Å². The summed E-state index contributed by atoms with van der Waals surface area (Å²) in [5.74, 6) is 0.957. The first kappa shape index (κ1) is 15.5. The third kappa shape index (κ3) is 2.66. The summed E-state index contributed by atoms with van der Waals surface area (Å²) in [7, 11) is -0.527. The Balaban J connectivity index is 1.86. The van der Waals surface area contributed by atoms with E-state index >= 15 is 0 Å². The molecule has 0 aliphatic carbocycles. The number of aliphatic hydroxyl groups is 1. The number of fused-ring (bicyclic) bond motifs is 1. The highest BCUT2D eigenvalue weighted by Crippen LogP contribution is 2.38. The van der Waals surface area contributed by atoms with Gasteiger partial charge in [0.25, 0.3) is 0 Å². The van der Waals surface area contributed by atoms with Crippen molar-refractivity contribution in [1.29, 1.82) is 0 Å². The van der Waals surface area contributed by atoms with E-state index in [-0.39, 0.29) is 6.61 Å². The Morgan fingerprint density at radius 1 is 1.36 bits per heavy atom. The first-order chi connectivity index (χ1) is 10.3. The lowest BCUT2D eigenvalue weighted by Crippen LogP contribution is -2.41. The zero-order chi connectivity index (χ0) is 16.0. The third-order valence-corrected chi connectivity index (χ3v) is 4.77. The molecule has 22 heavy (non-hydrogen) atoms. The van der Waals surface area contributed by atoms with E-state index in [0.29, 0.717) is 5.47 Å². The van der Waals surface area contributed by atoms with Crippen LogP contribution in [0.4, 0.5) is 5.82 Å². The molecule has 2 aliphatic rings. The van der Waals surface area contributed by atoms with Crippen LogP contribution < -0.4 is 5.32 Å². The van der Waals surface area contributed by atoms with Crippen molar-refractivity contribution >= 4 is 19.0 Å². The van der Waals surface area contributed by atoms with Gasteiger partial charge in [0.2, 0.25) is 0 Å². The van der Waals surface area contributed by atoms with Gasteiger partial charge < -0.3 is 19.7 Å². The monoisotopic (exact) mass is 302 g/mol. The van der Waals surface area contributed by atoms with Crippen LogP contribution in [0.1, 0.15) is 38.8 Å². The Bertz CT molecular complexity index is 597. The smallest absolute Gasteiger partial charge is 0.400 e. The predicted octanol–water partition coefficient (Wildman–Crippen LogP) is 2.06. The van der Waals surface area contributed by atoms with Gasteiger partial charge in [-0.1, -0.05) is 6.08 Å². The molecule has 3 heterocycles. The van der Waals surface area contributed by atoms with Gasteiger partial charge in [-0.05, 0) is 56.8 Å². The normalized spacial score (nSPS) is 22.6. The van der Waals surface area contributed by atoms with Crippen molar-refractivity contribution in [3.63, 3.8) is 0 Å². The SMILES string of the molecule is CC1(C)OB(C(=Cc2cnc3c(c2)CCN3)CO)OC1(C)C. The number of aliphatic hydroxyl groups excluding tert-OH is 1. The molecule has 6 heteroatoms. The van der Waals surface area contributed by atoms with Gasteiger partial charge >= 0.3 is 7.12 Å². The molecule has 0 bridgehead atoms. The van der Waals surface area contributed by atoms with E-state index < -0.39 is 18.3 Å². The molecule has 3 rings (SSSR count). The number of nitrogens with one attached hydrogen (secondary N) is 1. The Kier molecular flexibility index (Phi) is 3.79. The van der Waals surface area contributed by atoms with Crippen LogP contribution in [0.5, 0.6) is 0 Å².